The molecule has 19 heavy (non-hydrogen) atoms. The third kappa shape index (κ3) is 3.69. The predicted octanol–water partition coefficient (Wildman–Crippen LogP) is -2.41. The molecule has 0 bridgehead atoms. The lowest BCUT2D eigenvalue weighted by molar-refractivity contribution is -0.234. The highest BCUT2D eigenvalue weighted by molar-refractivity contribution is 5.64. The van der Waals surface area contributed by atoms with Gasteiger partial charge in [-0.15, -0.1) is 0 Å². The van der Waals surface area contributed by atoms with E-state index in [1.807, 2.05) is 6.92 Å². The Morgan fingerprint density at radius 3 is 2.79 bits per heavy atom. The lowest BCUT2D eigenvalue weighted by Crippen LogP contribution is -2.53. The van der Waals surface area contributed by atoms with Crippen LogP contribution >= 0.6 is 0 Å². The monoisotopic (exact) mass is 279 g/mol. The number of hydrogen-bond acceptors (Lipinski definition) is 8. The van der Waals surface area contributed by atoms with Gasteiger partial charge in [0.05, 0.1) is 19.3 Å². The fourth-order valence-electron chi connectivity index (χ4n) is 1.89. The molecule has 1 aliphatic rings. The molecule has 8 heteroatoms. The third-order valence-corrected chi connectivity index (χ3v) is 2.95. The zero-order valence-corrected chi connectivity index (χ0v) is 11.0. The SMILES string of the molecule is CCNC(CO)[C@@H](OC)OC1C(O)OC[C@]1(O)C=O. The van der Waals surface area contributed by atoms with Gasteiger partial charge in [0.1, 0.15) is 6.10 Å². The number of ether oxygens (including phenoxy) is 3. The second kappa shape index (κ2) is 7.25. The Morgan fingerprint density at radius 2 is 2.32 bits per heavy atom. The standard InChI is InChI=1S/C11H21NO7/c1-3-12-7(4-13)10(17-2)19-8-9(15)18-6-11(8,16)5-14/h5,7-10,12-13,15-16H,3-4,6H2,1-2H3/t7?,8?,9?,10-,11+/m0/s1. The Bertz CT molecular complexity index is 290. The smallest absolute Gasteiger partial charge is 0.184 e. The molecule has 0 saturated carbocycles. The van der Waals surface area contributed by atoms with Crippen LogP contribution in [0.4, 0.5) is 0 Å². The van der Waals surface area contributed by atoms with Crippen molar-refractivity contribution in [1.82, 2.24) is 5.32 Å². The first-order valence-corrected chi connectivity index (χ1v) is 6.03. The summed E-state index contributed by atoms with van der Waals surface area (Å²) in [5.74, 6) is 0. The fraction of sp³-hybridized carbons (Fsp3) is 0.909. The minimum atomic E-state index is -1.93. The molecule has 1 aliphatic heterocycles. The highest BCUT2D eigenvalue weighted by Gasteiger charge is 2.51. The number of methoxy groups -OCH3 is 1. The number of nitrogens with one attached hydrogen (secondary N) is 1. The molecule has 112 valence electrons. The van der Waals surface area contributed by atoms with E-state index in [1.165, 1.54) is 7.11 Å². The summed E-state index contributed by atoms with van der Waals surface area (Å²) in [5, 5.41) is 31.7. The quantitative estimate of drug-likeness (QED) is 0.287. The van der Waals surface area contributed by atoms with E-state index in [1.54, 1.807) is 0 Å². The van der Waals surface area contributed by atoms with Gasteiger partial charge < -0.3 is 34.8 Å². The van der Waals surface area contributed by atoms with Gasteiger partial charge in [0.15, 0.2) is 24.5 Å². The Kier molecular flexibility index (Phi) is 6.27. The molecule has 0 aliphatic carbocycles. The minimum Gasteiger partial charge on any atom is -0.395 e. The molecular weight excluding hydrogens is 258 g/mol. The van der Waals surface area contributed by atoms with E-state index in [2.05, 4.69) is 5.32 Å². The molecule has 0 aromatic rings. The maximum Gasteiger partial charge on any atom is 0.184 e. The van der Waals surface area contributed by atoms with Crippen molar-refractivity contribution in [2.24, 2.45) is 0 Å². The average molecular weight is 279 g/mol. The molecule has 0 aromatic carbocycles. The Balaban J connectivity index is 2.75. The number of aldehydes is 1. The van der Waals surface area contributed by atoms with Gasteiger partial charge in [0.2, 0.25) is 0 Å². The van der Waals surface area contributed by atoms with Gasteiger partial charge in [-0.3, -0.25) is 4.79 Å². The molecule has 0 spiro atoms. The van der Waals surface area contributed by atoms with Crippen LogP contribution in [0.25, 0.3) is 0 Å². The lowest BCUT2D eigenvalue weighted by Gasteiger charge is -2.31. The Hall–Kier alpha value is -0.610. The van der Waals surface area contributed by atoms with Crippen LogP contribution in [0.1, 0.15) is 6.92 Å². The van der Waals surface area contributed by atoms with Crippen LogP contribution in [0.2, 0.25) is 0 Å². The number of likely N-dealkylation sites (N-methyl/N-ethyl adjacent to an activating group) is 1. The largest absolute Gasteiger partial charge is 0.395 e. The number of aliphatic hydroxyl groups excluding tert-OH is 2. The molecular formula is C11H21NO7. The summed E-state index contributed by atoms with van der Waals surface area (Å²) >= 11 is 0. The van der Waals surface area contributed by atoms with E-state index in [9.17, 15) is 20.1 Å². The first-order valence-electron chi connectivity index (χ1n) is 6.03. The zero-order chi connectivity index (χ0) is 14.5. The number of rotatable bonds is 8. The van der Waals surface area contributed by atoms with Crippen molar-refractivity contribution in [1.29, 1.82) is 0 Å². The summed E-state index contributed by atoms with van der Waals surface area (Å²) < 4.78 is 15.3. The minimum absolute atomic E-state index is 0.266. The Labute approximate surface area is 111 Å². The molecule has 8 nitrogen and oxygen atoms in total. The molecule has 5 atom stereocenters. The molecule has 1 heterocycles. The van der Waals surface area contributed by atoms with E-state index < -0.39 is 30.3 Å². The van der Waals surface area contributed by atoms with Crippen LogP contribution in [0.3, 0.4) is 0 Å². The summed E-state index contributed by atoms with van der Waals surface area (Å²) in [6, 6.07) is -0.557. The van der Waals surface area contributed by atoms with E-state index in [0.29, 0.717) is 6.54 Å². The summed E-state index contributed by atoms with van der Waals surface area (Å²) in [6.45, 7) is 1.78. The van der Waals surface area contributed by atoms with Gasteiger partial charge >= 0.3 is 0 Å². The number of carbonyl (C=O) groups excluding carboxylic acids is 1. The van der Waals surface area contributed by atoms with Crippen LogP contribution in [-0.2, 0) is 19.0 Å². The van der Waals surface area contributed by atoms with E-state index in [0.717, 1.165) is 0 Å². The fourth-order valence-corrected chi connectivity index (χ4v) is 1.89. The number of hydrogen-bond donors (Lipinski definition) is 4. The van der Waals surface area contributed by atoms with Crippen LogP contribution in [0.15, 0.2) is 0 Å². The molecule has 1 saturated heterocycles. The van der Waals surface area contributed by atoms with Crippen LogP contribution < -0.4 is 5.32 Å². The summed E-state index contributed by atoms with van der Waals surface area (Å²) in [6.07, 6.45) is -3.39. The molecule has 4 N–H and O–H groups in total. The van der Waals surface area contributed by atoms with Crippen LogP contribution in [-0.4, -0.2) is 78.8 Å². The first kappa shape index (κ1) is 16.4. The van der Waals surface area contributed by atoms with Crippen molar-refractivity contribution < 1.29 is 34.3 Å². The van der Waals surface area contributed by atoms with Gasteiger partial charge in [0, 0.05) is 7.11 Å². The van der Waals surface area contributed by atoms with Crippen molar-refractivity contribution in [3.8, 4) is 0 Å². The van der Waals surface area contributed by atoms with Crippen molar-refractivity contribution in [2.45, 2.75) is 37.3 Å². The molecule has 0 radical (unpaired) electrons. The zero-order valence-electron chi connectivity index (χ0n) is 11.0. The van der Waals surface area contributed by atoms with Gasteiger partial charge in [0.25, 0.3) is 0 Å². The average Bonchev–Trinajstić information content (AvgIpc) is 2.71. The first-order chi connectivity index (χ1) is 9.02. The summed E-state index contributed by atoms with van der Waals surface area (Å²) in [7, 11) is 1.35. The van der Waals surface area contributed by atoms with Crippen molar-refractivity contribution >= 4 is 6.29 Å². The van der Waals surface area contributed by atoms with Crippen molar-refractivity contribution in [3.63, 3.8) is 0 Å². The maximum atomic E-state index is 10.9. The topological polar surface area (TPSA) is 117 Å². The highest BCUT2D eigenvalue weighted by Crippen LogP contribution is 2.26. The van der Waals surface area contributed by atoms with Gasteiger partial charge in [-0.05, 0) is 6.54 Å². The molecule has 0 amide bonds. The molecule has 1 fully saturated rings. The number of aliphatic hydroxyl groups is 3. The van der Waals surface area contributed by atoms with Crippen LogP contribution in [0.5, 0.6) is 0 Å². The molecule has 1 rings (SSSR count). The van der Waals surface area contributed by atoms with E-state index in [-0.39, 0.29) is 19.5 Å². The predicted molar refractivity (Wildman–Crippen MR) is 63.2 cm³/mol. The Morgan fingerprint density at radius 1 is 1.63 bits per heavy atom. The summed E-state index contributed by atoms with van der Waals surface area (Å²) in [4.78, 5) is 10.9. The van der Waals surface area contributed by atoms with Gasteiger partial charge in [-0.1, -0.05) is 6.92 Å². The summed E-state index contributed by atoms with van der Waals surface area (Å²) in [5.41, 5.74) is -1.93. The second-order valence-electron chi connectivity index (χ2n) is 4.32. The number of carbonyl (C=O) groups is 1. The lowest BCUT2D eigenvalue weighted by atomic mass is 10.0. The van der Waals surface area contributed by atoms with Gasteiger partial charge in [-0.25, -0.2) is 0 Å². The van der Waals surface area contributed by atoms with E-state index in [4.69, 9.17) is 14.2 Å². The molecule has 3 unspecified atom stereocenters. The van der Waals surface area contributed by atoms with Crippen molar-refractivity contribution in [3.05, 3.63) is 0 Å². The second-order valence-corrected chi connectivity index (χ2v) is 4.32. The molecule has 0 aromatic heterocycles. The maximum absolute atomic E-state index is 10.9. The van der Waals surface area contributed by atoms with E-state index >= 15 is 0 Å². The third-order valence-electron chi connectivity index (χ3n) is 2.95. The highest BCUT2D eigenvalue weighted by atomic mass is 16.7. The van der Waals surface area contributed by atoms with Crippen molar-refractivity contribution in [2.75, 3.05) is 26.9 Å². The van der Waals surface area contributed by atoms with Crippen LogP contribution in [0, 0.1) is 0 Å². The van der Waals surface area contributed by atoms with Gasteiger partial charge in [-0.2, -0.15) is 0 Å². The normalized spacial score (nSPS) is 34.2.